The first-order chi connectivity index (χ1) is 10.3. The number of hydrogen-bond donors (Lipinski definition) is 2. The zero-order valence-corrected chi connectivity index (χ0v) is 13.3. The molecule has 6 heteroatoms. The van der Waals surface area contributed by atoms with Crippen LogP contribution in [0, 0.1) is 0 Å². The molecule has 2 heterocycles. The average molecular weight is 292 g/mol. The zero-order chi connectivity index (χ0) is 14.9. The highest BCUT2D eigenvalue weighted by atomic mass is 15.2. The Hall–Kier alpha value is -1.56. The van der Waals surface area contributed by atoms with E-state index < -0.39 is 0 Å². The number of rotatable bonds is 6. The fourth-order valence-electron chi connectivity index (χ4n) is 2.73. The first-order valence-corrected chi connectivity index (χ1v) is 7.97. The summed E-state index contributed by atoms with van der Waals surface area (Å²) in [6, 6.07) is 0.539. The molecule has 1 aliphatic heterocycles. The van der Waals surface area contributed by atoms with Gasteiger partial charge < -0.3 is 20.1 Å². The second kappa shape index (κ2) is 8.67. The molecular weight excluding hydrogens is 264 g/mol. The van der Waals surface area contributed by atoms with Gasteiger partial charge in [0.2, 0.25) is 0 Å². The van der Waals surface area contributed by atoms with Crippen LogP contribution in [-0.4, -0.2) is 59.7 Å². The molecule has 1 aliphatic rings. The largest absolute Gasteiger partial charge is 0.355 e. The maximum atomic E-state index is 4.31. The van der Waals surface area contributed by atoms with Crippen LogP contribution in [0.3, 0.4) is 0 Å². The van der Waals surface area contributed by atoms with E-state index in [1.165, 1.54) is 38.9 Å². The van der Waals surface area contributed by atoms with E-state index in [0.29, 0.717) is 6.04 Å². The summed E-state index contributed by atoms with van der Waals surface area (Å²) in [5.41, 5.74) is 0. The molecule has 118 valence electrons. The molecule has 21 heavy (non-hydrogen) atoms. The Morgan fingerprint density at radius 3 is 2.76 bits per heavy atom. The molecule has 0 aliphatic carbocycles. The van der Waals surface area contributed by atoms with E-state index in [4.69, 9.17) is 0 Å². The van der Waals surface area contributed by atoms with Crippen molar-refractivity contribution in [2.45, 2.75) is 38.8 Å². The van der Waals surface area contributed by atoms with Crippen LogP contribution in [0.4, 0.5) is 0 Å². The van der Waals surface area contributed by atoms with Crippen molar-refractivity contribution in [2.75, 3.05) is 33.2 Å². The monoisotopic (exact) mass is 292 g/mol. The van der Waals surface area contributed by atoms with Crippen LogP contribution in [0.25, 0.3) is 0 Å². The first kappa shape index (κ1) is 15.8. The summed E-state index contributed by atoms with van der Waals surface area (Å²) in [4.78, 5) is 10.9. The molecule has 0 unspecified atom stereocenters. The van der Waals surface area contributed by atoms with E-state index in [0.717, 1.165) is 19.0 Å². The van der Waals surface area contributed by atoms with Gasteiger partial charge in [0, 0.05) is 51.7 Å². The normalized spacial score (nSPS) is 17.9. The summed E-state index contributed by atoms with van der Waals surface area (Å²) in [6.45, 7) is 7.61. The van der Waals surface area contributed by atoms with Gasteiger partial charge in [-0.3, -0.25) is 4.99 Å². The molecule has 0 aromatic carbocycles. The second-order valence-corrected chi connectivity index (χ2v) is 5.56. The lowest BCUT2D eigenvalue weighted by Crippen LogP contribution is -2.49. The highest BCUT2D eigenvalue weighted by Gasteiger charge is 2.19. The van der Waals surface area contributed by atoms with E-state index in [1.807, 2.05) is 19.6 Å². The molecule has 0 spiro atoms. The van der Waals surface area contributed by atoms with Gasteiger partial charge in [-0.1, -0.05) is 6.92 Å². The summed E-state index contributed by atoms with van der Waals surface area (Å²) >= 11 is 0. The van der Waals surface area contributed by atoms with Gasteiger partial charge in [-0.15, -0.1) is 0 Å². The number of aliphatic imine (C=N–C) groups is 1. The van der Waals surface area contributed by atoms with Crippen molar-refractivity contribution in [1.82, 2.24) is 25.1 Å². The number of nitrogens with zero attached hydrogens (tertiary/aromatic N) is 4. The van der Waals surface area contributed by atoms with Gasteiger partial charge in [0.1, 0.15) is 0 Å². The number of aromatic nitrogens is 2. The van der Waals surface area contributed by atoms with Crippen LogP contribution < -0.4 is 10.6 Å². The summed E-state index contributed by atoms with van der Waals surface area (Å²) in [5, 5.41) is 6.90. The van der Waals surface area contributed by atoms with Crippen molar-refractivity contribution in [3.63, 3.8) is 0 Å². The Kier molecular flexibility index (Phi) is 6.53. The van der Waals surface area contributed by atoms with E-state index in [9.17, 15) is 0 Å². The SMILES string of the molecule is CCCN1CCC(NC(=NC)NCCn2ccnc2)CC1. The predicted octanol–water partition coefficient (Wildman–Crippen LogP) is 0.923. The molecule has 6 nitrogen and oxygen atoms in total. The summed E-state index contributed by atoms with van der Waals surface area (Å²) in [5.74, 6) is 0.907. The molecule has 1 saturated heterocycles. The second-order valence-electron chi connectivity index (χ2n) is 5.56. The summed E-state index contributed by atoms with van der Waals surface area (Å²) in [7, 11) is 1.83. The number of nitrogens with one attached hydrogen (secondary N) is 2. The third kappa shape index (κ3) is 5.38. The molecule has 1 aromatic heterocycles. The fraction of sp³-hybridized carbons (Fsp3) is 0.733. The lowest BCUT2D eigenvalue weighted by molar-refractivity contribution is 0.206. The number of hydrogen-bond acceptors (Lipinski definition) is 3. The fourth-order valence-corrected chi connectivity index (χ4v) is 2.73. The van der Waals surface area contributed by atoms with E-state index in [-0.39, 0.29) is 0 Å². The molecule has 2 rings (SSSR count). The topological polar surface area (TPSA) is 57.5 Å². The van der Waals surface area contributed by atoms with Crippen molar-refractivity contribution in [3.05, 3.63) is 18.7 Å². The maximum absolute atomic E-state index is 4.31. The minimum atomic E-state index is 0.539. The minimum Gasteiger partial charge on any atom is -0.355 e. The van der Waals surface area contributed by atoms with Gasteiger partial charge in [0.15, 0.2) is 5.96 Å². The van der Waals surface area contributed by atoms with Crippen molar-refractivity contribution < 1.29 is 0 Å². The molecule has 0 amide bonds. The van der Waals surface area contributed by atoms with Crippen LogP contribution >= 0.6 is 0 Å². The molecule has 0 atom stereocenters. The van der Waals surface area contributed by atoms with Crippen LogP contribution in [0.15, 0.2) is 23.7 Å². The van der Waals surface area contributed by atoms with Crippen molar-refractivity contribution in [3.8, 4) is 0 Å². The Balaban J connectivity index is 1.66. The Bertz CT molecular complexity index is 406. The number of guanidine groups is 1. The number of likely N-dealkylation sites (tertiary alicyclic amines) is 1. The average Bonchev–Trinajstić information content (AvgIpc) is 3.01. The van der Waals surface area contributed by atoms with Crippen LogP contribution in [-0.2, 0) is 6.54 Å². The highest BCUT2D eigenvalue weighted by Crippen LogP contribution is 2.10. The molecule has 0 radical (unpaired) electrons. The smallest absolute Gasteiger partial charge is 0.191 e. The zero-order valence-electron chi connectivity index (χ0n) is 13.3. The standard InChI is InChI=1S/C15H28N6/c1-3-8-20-9-4-14(5-10-20)19-15(16-2)18-7-12-21-11-6-17-13-21/h6,11,13-14H,3-5,7-10,12H2,1-2H3,(H2,16,18,19). The van der Waals surface area contributed by atoms with Crippen LogP contribution in [0.2, 0.25) is 0 Å². The van der Waals surface area contributed by atoms with Gasteiger partial charge in [0.25, 0.3) is 0 Å². The third-order valence-corrected chi connectivity index (χ3v) is 3.91. The summed E-state index contributed by atoms with van der Waals surface area (Å²) in [6.07, 6.45) is 9.25. The molecule has 0 bridgehead atoms. The third-order valence-electron chi connectivity index (χ3n) is 3.91. The van der Waals surface area contributed by atoms with Gasteiger partial charge in [-0.25, -0.2) is 4.98 Å². The van der Waals surface area contributed by atoms with Gasteiger partial charge in [-0.05, 0) is 25.8 Å². The van der Waals surface area contributed by atoms with Crippen molar-refractivity contribution in [1.29, 1.82) is 0 Å². The molecule has 0 saturated carbocycles. The van der Waals surface area contributed by atoms with Crippen LogP contribution in [0.1, 0.15) is 26.2 Å². The predicted molar refractivity (Wildman–Crippen MR) is 86.5 cm³/mol. The van der Waals surface area contributed by atoms with Gasteiger partial charge >= 0.3 is 0 Å². The summed E-state index contributed by atoms with van der Waals surface area (Å²) < 4.78 is 2.06. The molecule has 1 fully saturated rings. The molecule has 2 N–H and O–H groups in total. The number of piperidine rings is 1. The molecule has 1 aromatic rings. The Labute approximate surface area is 127 Å². The Morgan fingerprint density at radius 2 is 2.14 bits per heavy atom. The maximum Gasteiger partial charge on any atom is 0.191 e. The van der Waals surface area contributed by atoms with Crippen LogP contribution in [0.5, 0.6) is 0 Å². The van der Waals surface area contributed by atoms with E-state index in [1.54, 1.807) is 6.20 Å². The van der Waals surface area contributed by atoms with Gasteiger partial charge in [0.05, 0.1) is 6.33 Å². The minimum absolute atomic E-state index is 0.539. The van der Waals surface area contributed by atoms with Gasteiger partial charge in [-0.2, -0.15) is 0 Å². The van der Waals surface area contributed by atoms with E-state index >= 15 is 0 Å². The number of imidazole rings is 1. The lowest BCUT2D eigenvalue weighted by Gasteiger charge is -2.32. The lowest BCUT2D eigenvalue weighted by atomic mass is 10.1. The quantitative estimate of drug-likeness (QED) is 0.605. The highest BCUT2D eigenvalue weighted by molar-refractivity contribution is 5.79. The molecular formula is C15H28N6. The van der Waals surface area contributed by atoms with Crippen molar-refractivity contribution >= 4 is 5.96 Å². The van der Waals surface area contributed by atoms with E-state index in [2.05, 4.69) is 37.0 Å². The Morgan fingerprint density at radius 1 is 1.33 bits per heavy atom. The first-order valence-electron chi connectivity index (χ1n) is 7.97. The van der Waals surface area contributed by atoms with Crippen molar-refractivity contribution in [2.24, 2.45) is 4.99 Å².